The second-order valence-corrected chi connectivity index (χ2v) is 4.73. The first kappa shape index (κ1) is 14.4. The maximum atomic E-state index is 11.6. The molecule has 0 unspecified atom stereocenters. The van der Waals surface area contributed by atoms with Crippen molar-refractivity contribution in [1.82, 2.24) is 15.0 Å². The van der Waals surface area contributed by atoms with Crippen LogP contribution in [0.5, 0.6) is 11.8 Å². The fourth-order valence-electron chi connectivity index (χ4n) is 1.46. The molecule has 0 atom stereocenters. The molecular formula is C13H12BrN3O3. The van der Waals surface area contributed by atoms with Crippen molar-refractivity contribution in [2.24, 2.45) is 0 Å². The van der Waals surface area contributed by atoms with E-state index in [2.05, 4.69) is 30.9 Å². The van der Waals surface area contributed by atoms with Crippen LogP contribution in [0.4, 0.5) is 0 Å². The van der Waals surface area contributed by atoms with Crippen LogP contribution in [0.1, 0.15) is 23.0 Å². The highest BCUT2D eigenvalue weighted by atomic mass is 79.9. The molecule has 0 aromatic carbocycles. The molecule has 0 radical (unpaired) electrons. The largest absolute Gasteiger partial charge is 0.462 e. The lowest BCUT2D eigenvalue weighted by molar-refractivity contribution is 0.0524. The average molecular weight is 338 g/mol. The zero-order valence-electron chi connectivity index (χ0n) is 11.0. The second-order valence-electron chi connectivity index (χ2n) is 3.81. The minimum atomic E-state index is -0.444. The fourth-order valence-corrected chi connectivity index (χ4v) is 1.80. The molecule has 0 saturated heterocycles. The Morgan fingerprint density at radius 2 is 2.15 bits per heavy atom. The molecule has 2 rings (SSSR count). The molecule has 104 valence electrons. The zero-order chi connectivity index (χ0) is 14.5. The monoisotopic (exact) mass is 337 g/mol. The first-order valence-electron chi connectivity index (χ1n) is 5.89. The molecule has 0 N–H and O–H groups in total. The van der Waals surface area contributed by atoms with E-state index in [1.165, 1.54) is 6.20 Å². The van der Waals surface area contributed by atoms with Crippen LogP contribution in [0.3, 0.4) is 0 Å². The van der Waals surface area contributed by atoms with E-state index in [-0.39, 0.29) is 6.01 Å². The molecule has 20 heavy (non-hydrogen) atoms. The molecule has 2 aromatic heterocycles. The summed E-state index contributed by atoms with van der Waals surface area (Å²) in [5, 5.41) is 0. The van der Waals surface area contributed by atoms with Gasteiger partial charge in [-0.05, 0) is 35.8 Å². The van der Waals surface area contributed by atoms with Crippen LogP contribution in [0.15, 0.2) is 29.1 Å². The summed E-state index contributed by atoms with van der Waals surface area (Å²) in [6.07, 6.45) is 4.58. The molecule has 0 saturated carbocycles. The number of nitrogens with zero attached hydrogens (tertiary/aromatic N) is 3. The summed E-state index contributed by atoms with van der Waals surface area (Å²) in [5.74, 6) is 0.0586. The lowest BCUT2D eigenvalue weighted by Crippen LogP contribution is -2.09. The van der Waals surface area contributed by atoms with Crippen molar-refractivity contribution < 1.29 is 14.3 Å². The molecule has 7 heteroatoms. The molecule has 2 heterocycles. The topological polar surface area (TPSA) is 74.2 Å². The van der Waals surface area contributed by atoms with Crippen LogP contribution >= 0.6 is 15.9 Å². The number of hydrogen-bond donors (Lipinski definition) is 0. The Labute approximate surface area is 124 Å². The van der Waals surface area contributed by atoms with Gasteiger partial charge in [-0.2, -0.15) is 4.98 Å². The number of carbonyl (C=O) groups excluding carboxylic acids is 1. The van der Waals surface area contributed by atoms with Gasteiger partial charge in [0.15, 0.2) is 5.75 Å². The lowest BCUT2D eigenvalue weighted by Gasteiger charge is -2.07. The maximum absolute atomic E-state index is 11.6. The number of pyridine rings is 1. The Balaban J connectivity index is 2.19. The van der Waals surface area contributed by atoms with Crippen LogP contribution < -0.4 is 4.74 Å². The number of carbonyl (C=O) groups is 1. The van der Waals surface area contributed by atoms with E-state index in [1.807, 2.05) is 0 Å². The first-order valence-corrected chi connectivity index (χ1v) is 6.68. The van der Waals surface area contributed by atoms with Crippen molar-refractivity contribution in [3.8, 4) is 11.8 Å². The number of ether oxygens (including phenoxy) is 2. The molecule has 0 aliphatic carbocycles. The van der Waals surface area contributed by atoms with Crippen LogP contribution in [0, 0.1) is 6.92 Å². The summed E-state index contributed by atoms with van der Waals surface area (Å²) in [7, 11) is 0. The Kier molecular flexibility index (Phi) is 4.62. The zero-order valence-corrected chi connectivity index (χ0v) is 12.5. The van der Waals surface area contributed by atoms with E-state index in [9.17, 15) is 4.79 Å². The highest BCUT2D eigenvalue weighted by Gasteiger charge is 2.13. The molecule has 0 fully saturated rings. The fraction of sp³-hybridized carbons (Fsp3) is 0.231. The Hall–Kier alpha value is -2.02. The van der Waals surface area contributed by atoms with Gasteiger partial charge >= 0.3 is 12.0 Å². The highest BCUT2D eigenvalue weighted by molar-refractivity contribution is 9.10. The van der Waals surface area contributed by atoms with E-state index in [4.69, 9.17) is 9.47 Å². The van der Waals surface area contributed by atoms with Crippen LogP contribution in [-0.2, 0) is 4.74 Å². The van der Waals surface area contributed by atoms with Gasteiger partial charge in [0, 0.05) is 16.9 Å². The Bertz CT molecular complexity index is 634. The van der Waals surface area contributed by atoms with E-state index < -0.39 is 5.97 Å². The van der Waals surface area contributed by atoms with Gasteiger partial charge in [0.05, 0.1) is 24.1 Å². The van der Waals surface area contributed by atoms with Crippen molar-refractivity contribution in [2.45, 2.75) is 13.8 Å². The van der Waals surface area contributed by atoms with Gasteiger partial charge < -0.3 is 9.47 Å². The van der Waals surface area contributed by atoms with E-state index in [1.54, 1.807) is 32.3 Å². The SMILES string of the molecule is CCOC(=O)c1cnc(Oc2cncc(Br)c2)nc1C. The number of halogens is 1. The van der Waals surface area contributed by atoms with Gasteiger partial charge in [0.25, 0.3) is 0 Å². The van der Waals surface area contributed by atoms with E-state index in [0.29, 0.717) is 23.6 Å². The number of hydrogen-bond acceptors (Lipinski definition) is 6. The smallest absolute Gasteiger partial charge is 0.341 e. The van der Waals surface area contributed by atoms with Crippen molar-refractivity contribution in [2.75, 3.05) is 6.61 Å². The predicted molar refractivity (Wildman–Crippen MR) is 74.7 cm³/mol. The first-order chi connectivity index (χ1) is 9.60. The van der Waals surface area contributed by atoms with Crippen molar-refractivity contribution in [3.63, 3.8) is 0 Å². The van der Waals surface area contributed by atoms with Crippen LogP contribution in [-0.4, -0.2) is 27.5 Å². The lowest BCUT2D eigenvalue weighted by atomic mass is 10.2. The summed E-state index contributed by atoms with van der Waals surface area (Å²) in [6.45, 7) is 3.74. The average Bonchev–Trinajstić information content (AvgIpc) is 2.39. The van der Waals surface area contributed by atoms with Gasteiger partial charge in [-0.25, -0.2) is 9.78 Å². The summed E-state index contributed by atoms with van der Waals surface area (Å²) in [6, 6.07) is 1.89. The van der Waals surface area contributed by atoms with Gasteiger partial charge in [-0.1, -0.05) is 0 Å². The van der Waals surface area contributed by atoms with Crippen LogP contribution in [0.2, 0.25) is 0 Å². The summed E-state index contributed by atoms with van der Waals surface area (Å²) >= 11 is 3.29. The molecule has 0 aliphatic heterocycles. The third-order valence-electron chi connectivity index (χ3n) is 2.34. The molecule has 6 nitrogen and oxygen atoms in total. The molecule has 0 bridgehead atoms. The summed E-state index contributed by atoms with van der Waals surface area (Å²) < 4.78 is 11.2. The molecule has 0 amide bonds. The highest BCUT2D eigenvalue weighted by Crippen LogP contribution is 2.21. The Morgan fingerprint density at radius 1 is 1.35 bits per heavy atom. The van der Waals surface area contributed by atoms with Gasteiger partial charge in [0.2, 0.25) is 0 Å². The van der Waals surface area contributed by atoms with E-state index >= 15 is 0 Å². The molecule has 2 aromatic rings. The number of rotatable bonds is 4. The third kappa shape index (κ3) is 3.51. The van der Waals surface area contributed by atoms with Crippen LogP contribution in [0.25, 0.3) is 0 Å². The summed E-state index contributed by atoms with van der Waals surface area (Å²) in [5.41, 5.74) is 0.822. The maximum Gasteiger partial charge on any atom is 0.341 e. The Morgan fingerprint density at radius 3 is 2.80 bits per heavy atom. The molecular weight excluding hydrogens is 326 g/mol. The standard InChI is InChI=1S/C13H12BrN3O3/c1-3-19-12(18)11-7-16-13(17-8(11)2)20-10-4-9(14)5-15-6-10/h4-7H,3H2,1-2H3. The summed E-state index contributed by atoms with van der Waals surface area (Å²) in [4.78, 5) is 23.7. The van der Waals surface area contributed by atoms with Gasteiger partial charge in [-0.3, -0.25) is 4.98 Å². The van der Waals surface area contributed by atoms with E-state index in [0.717, 1.165) is 4.47 Å². The quantitative estimate of drug-likeness (QED) is 0.798. The molecule has 0 aliphatic rings. The van der Waals surface area contributed by atoms with Gasteiger partial charge in [0.1, 0.15) is 0 Å². The number of esters is 1. The predicted octanol–water partition coefficient (Wildman–Crippen LogP) is 2.91. The molecule has 0 spiro atoms. The number of aromatic nitrogens is 3. The normalized spacial score (nSPS) is 10.2. The minimum Gasteiger partial charge on any atom is -0.462 e. The second kappa shape index (κ2) is 6.42. The van der Waals surface area contributed by atoms with Crippen molar-refractivity contribution in [1.29, 1.82) is 0 Å². The van der Waals surface area contributed by atoms with Crippen molar-refractivity contribution in [3.05, 3.63) is 40.4 Å². The minimum absolute atomic E-state index is 0.149. The third-order valence-corrected chi connectivity index (χ3v) is 2.78. The van der Waals surface area contributed by atoms with Crippen molar-refractivity contribution >= 4 is 21.9 Å². The van der Waals surface area contributed by atoms with Gasteiger partial charge in [-0.15, -0.1) is 0 Å². The number of aryl methyl sites for hydroxylation is 1.